The minimum absolute atomic E-state index is 0.748. The van der Waals surface area contributed by atoms with Gasteiger partial charge in [-0.2, -0.15) is 9.61 Å². The van der Waals surface area contributed by atoms with Crippen LogP contribution < -0.4 is 9.80 Å². The van der Waals surface area contributed by atoms with E-state index in [1.807, 2.05) is 41.8 Å². The molecule has 5 heterocycles. The number of hydrogen-bond donors (Lipinski definition) is 0. The summed E-state index contributed by atoms with van der Waals surface area (Å²) < 4.78 is 1.90. The third-order valence-electron chi connectivity index (χ3n) is 4.93. The Kier molecular flexibility index (Phi) is 4.08. The summed E-state index contributed by atoms with van der Waals surface area (Å²) >= 11 is 0. The van der Waals surface area contributed by atoms with Crippen LogP contribution in [-0.2, 0) is 0 Å². The molecule has 0 atom stereocenters. The predicted molar refractivity (Wildman–Crippen MR) is 107 cm³/mol. The molecule has 4 aromatic heterocycles. The molecular weight excluding hydrogens is 352 g/mol. The molecule has 1 fully saturated rings. The van der Waals surface area contributed by atoms with Crippen LogP contribution in [0.3, 0.4) is 0 Å². The van der Waals surface area contributed by atoms with Crippen LogP contribution in [0.1, 0.15) is 5.69 Å². The summed E-state index contributed by atoms with van der Waals surface area (Å²) in [5.74, 6) is 1.83. The fourth-order valence-corrected chi connectivity index (χ4v) is 3.54. The average molecular weight is 372 g/mol. The Labute approximate surface area is 162 Å². The second kappa shape index (κ2) is 6.88. The highest BCUT2D eigenvalue weighted by Crippen LogP contribution is 2.21. The maximum atomic E-state index is 4.73. The second-order valence-corrected chi connectivity index (χ2v) is 6.79. The van der Waals surface area contributed by atoms with Crippen LogP contribution in [0.2, 0.25) is 0 Å². The third-order valence-corrected chi connectivity index (χ3v) is 4.93. The number of piperazine rings is 1. The molecule has 28 heavy (non-hydrogen) atoms. The van der Waals surface area contributed by atoms with Gasteiger partial charge in [0, 0.05) is 56.4 Å². The molecule has 0 saturated carbocycles. The average Bonchev–Trinajstić information content (AvgIpc) is 3.22. The molecule has 0 unspecified atom stereocenters. The van der Waals surface area contributed by atoms with Gasteiger partial charge in [-0.3, -0.25) is 4.98 Å². The van der Waals surface area contributed by atoms with Gasteiger partial charge < -0.3 is 9.80 Å². The maximum Gasteiger partial charge on any atom is 0.226 e. The van der Waals surface area contributed by atoms with Crippen molar-refractivity contribution in [3.05, 3.63) is 60.7 Å². The van der Waals surface area contributed by atoms with Gasteiger partial charge in [-0.05, 0) is 25.1 Å². The summed E-state index contributed by atoms with van der Waals surface area (Å²) in [7, 11) is 0. The van der Waals surface area contributed by atoms with E-state index in [4.69, 9.17) is 4.98 Å². The molecule has 0 N–H and O–H groups in total. The fraction of sp³-hybridized carbons (Fsp3) is 0.250. The summed E-state index contributed by atoms with van der Waals surface area (Å²) in [6.07, 6.45) is 5.37. The van der Waals surface area contributed by atoms with Gasteiger partial charge in [0.05, 0.1) is 17.6 Å². The van der Waals surface area contributed by atoms with Crippen LogP contribution in [0.4, 0.5) is 11.8 Å². The van der Waals surface area contributed by atoms with Crippen molar-refractivity contribution in [2.75, 3.05) is 36.0 Å². The van der Waals surface area contributed by atoms with Crippen molar-refractivity contribution in [1.82, 2.24) is 29.5 Å². The Morgan fingerprint density at radius 1 is 0.786 bits per heavy atom. The Bertz CT molecular complexity index is 1100. The van der Waals surface area contributed by atoms with Gasteiger partial charge in [-0.15, -0.1) is 0 Å². The van der Waals surface area contributed by atoms with Crippen molar-refractivity contribution in [3.63, 3.8) is 0 Å². The summed E-state index contributed by atoms with van der Waals surface area (Å²) in [6, 6.07) is 11.8. The van der Waals surface area contributed by atoms with E-state index < -0.39 is 0 Å². The first-order chi connectivity index (χ1) is 13.8. The van der Waals surface area contributed by atoms with Gasteiger partial charge in [-0.25, -0.2) is 15.0 Å². The second-order valence-electron chi connectivity index (χ2n) is 6.79. The zero-order valence-electron chi connectivity index (χ0n) is 15.6. The number of fused-ring (bicyclic) bond motifs is 1. The molecule has 0 amide bonds. The lowest BCUT2D eigenvalue weighted by atomic mass is 10.2. The number of aromatic nitrogens is 6. The van der Waals surface area contributed by atoms with Crippen LogP contribution in [0, 0.1) is 6.92 Å². The summed E-state index contributed by atoms with van der Waals surface area (Å²) in [4.78, 5) is 22.7. The predicted octanol–water partition coefficient (Wildman–Crippen LogP) is 2.22. The number of pyridine rings is 1. The molecular formula is C20H20N8. The van der Waals surface area contributed by atoms with E-state index in [9.17, 15) is 0 Å². The molecule has 1 saturated heterocycles. The van der Waals surface area contributed by atoms with E-state index >= 15 is 0 Å². The van der Waals surface area contributed by atoms with Gasteiger partial charge in [0.25, 0.3) is 0 Å². The first-order valence-corrected chi connectivity index (χ1v) is 9.34. The quantitative estimate of drug-likeness (QED) is 0.546. The molecule has 5 rings (SSSR count). The highest BCUT2D eigenvalue weighted by Gasteiger charge is 2.22. The number of anilines is 2. The van der Waals surface area contributed by atoms with Crippen molar-refractivity contribution in [1.29, 1.82) is 0 Å². The van der Waals surface area contributed by atoms with Crippen LogP contribution in [-0.4, -0.2) is 55.7 Å². The molecule has 8 nitrogen and oxygen atoms in total. The molecule has 0 aromatic carbocycles. The molecule has 1 aliphatic rings. The van der Waals surface area contributed by atoms with E-state index in [0.29, 0.717) is 0 Å². The molecule has 1 aliphatic heterocycles. The van der Waals surface area contributed by atoms with Crippen molar-refractivity contribution in [3.8, 4) is 11.4 Å². The molecule has 0 aliphatic carbocycles. The van der Waals surface area contributed by atoms with Gasteiger partial charge in [0.1, 0.15) is 5.82 Å². The minimum atomic E-state index is 0.748. The maximum absolute atomic E-state index is 4.73. The van der Waals surface area contributed by atoms with Crippen molar-refractivity contribution < 1.29 is 0 Å². The SMILES string of the molecule is Cc1cc(N2CCN(c3nccc(-c4ccccn4)n3)CC2)n2nccc2n1. The van der Waals surface area contributed by atoms with Gasteiger partial charge in [0.2, 0.25) is 5.95 Å². The zero-order chi connectivity index (χ0) is 18.9. The molecule has 4 aromatic rings. The van der Waals surface area contributed by atoms with Crippen LogP contribution in [0.15, 0.2) is 55.0 Å². The summed E-state index contributed by atoms with van der Waals surface area (Å²) in [5.41, 5.74) is 3.58. The lowest BCUT2D eigenvalue weighted by Crippen LogP contribution is -2.47. The number of hydrogen-bond acceptors (Lipinski definition) is 7. The van der Waals surface area contributed by atoms with E-state index in [-0.39, 0.29) is 0 Å². The van der Waals surface area contributed by atoms with Crippen LogP contribution in [0.5, 0.6) is 0 Å². The number of aryl methyl sites for hydroxylation is 1. The zero-order valence-corrected chi connectivity index (χ0v) is 15.6. The number of nitrogens with zero attached hydrogens (tertiary/aromatic N) is 8. The highest BCUT2D eigenvalue weighted by molar-refractivity contribution is 5.56. The smallest absolute Gasteiger partial charge is 0.226 e. The highest BCUT2D eigenvalue weighted by atomic mass is 15.4. The van der Waals surface area contributed by atoms with Crippen LogP contribution in [0.25, 0.3) is 17.0 Å². The van der Waals surface area contributed by atoms with Gasteiger partial charge in [-0.1, -0.05) is 6.07 Å². The van der Waals surface area contributed by atoms with E-state index in [1.54, 1.807) is 18.6 Å². The Morgan fingerprint density at radius 2 is 1.64 bits per heavy atom. The first-order valence-electron chi connectivity index (χ1n) is 9.34. The van der Waals surface area contributed by atoms with Gasteiger partial charge in [0.15, 0.2) is 5.65 Å². The largest absolute Gasteiger partial charge is 0.353 e. The molecule has 0 spiro atoms. The minimum Gasteiger partial charge on any atom is -0.353 e. The van der Waals surface area contributed by atoms with Crippen LogP contribution >= 0.6 is 0 Å². The Balaban J connectivity index is 1.36. The lowest BCUT2D eigenvalue weighted by molar-refractivity contribution is 0.627. The van der Waals surface area contributed by atoms with Crippen molar-refractivity contribution >= 4 is 17.4 Å². The molecule has 8 heteroatoms. The third kappa shape index (κ3) is 3.02. The summed E-state index contributed by atoms with van der Waals surface area (Å²) in [6.45, 7) is 5.44. The molecule has 0 radical (unpaired) electrons. The van der Waals surface area contributed by atoms with Crippen molar-refractivity contribution in [2.45, 2.75) is 6.92 Å². The van der Waals surface area contributed by atoms with E-state index in [0.717, 1.165) is 60.7 Å². The fourth-order valence-electron chi connectivity index (χ4n) is 3.54. The normalized spacial score (nSPS) is 14.6. The molecule has 140 valence electrons. The lowest BCUT2D eigenvalue weighted by Gasteiger charge is -2.36. The summed E-state index contributed by atoms with van der Waals surface area (Å²) in [5, 5.41) is 4.42. The van der Waals surface area contributed by atoms with Crippen molar-refractivity contribution in [2.24, 2.45) is 0 Å². The first kappa shape index (κ1) is 16.6. The van der Waals surface area contributed by atoms with E-state index in [2.05, 4.69) is 35.9 Å². The monoisotopic (exact) mass is 372 g/mol. The molecule has 0 bridgehead atoms. The Hall–Kier alpha value is -3.55. The standard InChI is InChI=1S/C20H20N8/c1-15-14-19(28-18(24-15)6-9-23-28)26-10-12-27(13-11-26)20-22-8-5-17(25-20)16-4-2-3-7-21-16/h2-9,14H,10-13H2,1H3. The Morgan fingerprint density at radius 3 is 2.46 bits per heavy atom. The number of rotatable bonds is 3. The van der Waals surface area contributed by atoms with Gasteiger partial charge >= 0.3 is 0 Å². The topological polar surface area (TPSA) is 75.3 Å². The van der Waals surface area contributed by atoms with E-state index in [1.165, 1.54) is 0 Å².